The maximum absolute atomic E-state index is 12.6. The van der Waals surface area contributed by atoms with Gasteiger partial charge in [-0.05, 0) is 55.8 Å². The van der Waals surface area contributed by atoms with Gasteiger partial charge in [0.1, 0.15) is 5.84 Å². The second-order valence-corrected chi connectivity index (χ2v) is 10.4. The van der Waals surface area contributed by atoms with E-state index in [4.69, 9.17) is 5.41 Å². The molecule has 4 rings (SSSR count). The molecular weight excluding hydrogens is 490 g/mol. The van der Waals surface area contributed by atoms with Crippen LogP contribution in [-0.4, -0.2) is 46.2 Å². The molecule has 0 radical (unpaired) electrons. The summed E-state index contributed by atoms with van der Waals surface area (Å²) in [5.41, 5.74) is 3.55. The number of nitrogens with one attached hydrogen (secondary N) is 1. The number of fused-ring (bicyclic) bond motifs is 1. The lowest BCUT2D eigenvalue weighted by Crippen LogP contribution is -2.45. The minimum absolute atomic E-state index is 0.00801. The smallest absolute Gasteiger partial charge is 0.283 e. The van der Waals surface area contributed by atoms with Gasteiger partial charge < -0.3 is 4.57 Å². The first-order chi connectivity index (χ1) is 14.1. The molecule has 1 aromatic carbocycles. The fourth-order valence-electron chi connectivity index (χ4n) is 3.31. The van der Waals surface area contributed by atoms with E-state index < -0.39 is 15.7 Å². The van der Waals surface area contributed by atoms with Crippen molar-refractivity contribution in [2.45, 2.75) is 13.8 Å². The highest BCUT2D eigenvalue weighted by Gasteiger charge is 2.41. The van der Waals surface area contributed by atoms with E-state index in [1.54, 1.807) is 6.08 Å². The SMILES string of the molecule is Cc1cc(/C=C2/C(=N)N3C(=NC2=O)SN=C3S(C)(=O)=O)c(C)n1-c1ccc(Br)cc1. The van der Waals surface area contributed by atoms with Crippen LogP contribution in [0.25, 0.3) is 11.8 Å². The van der Waals surface area contributed by atoms with E-state index in [0.717, 1.165) is 50.2 Å². The summed E-state index contributed by atoms with van der Waals surface area (Å²) in [7, 11) is -3.68. The topological polar surface area (TPSA) is 108 Å². The molecule has 1 N–H and O–H groups in total. The average molecular weight is 506 g/mol. The summed E-state index contributed by atoms with van der Waals surface area (Å²) < 4.78 is 30.9. The Bertz CT molecular complexity index is 1300. The largest absolute Gasteiger partial charge is 0.318 e. The van der Waals surface area contributed by atoms with Crippen LogP contribution in [0.5, 0.6) is 0 Å². The van der Waals surface area contributed by atoms with E-state index in [1.165, 1.54) is 0 Å². The lowest BCUT2D eigenvalue weighted by Gasteiger charge is -2.23. The van der Waals surface area contributed by atoms with Gasteiger partial charge in [0.25, 0.3) is 5.91 Å². The fourth-order valence-corrected chi connectivity index (χ4v) is 5.42. The van der Waals surface area contributed by atoms with Gasteiger partial charge in [-0.3, -0.25) is 10.2 Å². The number of amides is 1. The maximum atomic E-state index is 12.6. The second kappa shape index (κ2) is 7.33. The predicted molar refractivity (Wildman–Crippen MR) is 123 cm³/mol. The normalized spacial score (nSPS) is 18.0. The van der Waals surface area contributed by atoms with E-state index in [1.807, 2.05) is 48.7 Å². The Labute approximate surface area is 186 Å². The quantitative estimate of drug-likeness (QED) is 0.496. The van der Waals surface area contributed by atoms with Gasteiger partial charge in [-0.1, -0.05) is 15.9 Å². The van der Waals surface area contributed by atoms with Crippen LogP contribution in [-0.2, 0) is 14.6 Å². The number of carbonyl (C=O) groups is 1. The molecule has 1 amide bonds. The summed E-state index contributed by atoms with van der Waals surface area (Å²) in [5, 5.41) is 8.24. The molecule has 0 spiro atoms. The van der Waals surface area contributed by atoms with Gasteiger partial charge in [0.15, 0.2) is 0 Å². The van der Waals surface area contributed by atoms with Gasteiger partial charge in [0.2, 0.25) is 20.2 Å². The number of aliphatic imine (C=N–C) groups is 1. The second-order valence-electron chi connectivity index (χ2n) is 6.82. The molecule has 11 heteroatoms. The monoisotopic (exact) mass is 505 g/mol. The Morgan fingerprint density at radius 1 is 1.20 bits per heavy atom. The molecular formula is C19H16BrN5O3S2. The van der Waals surface area contributed by atoms with Crippen molar-refractivity contribution >= 4 is 65.9 Å². The molecule has 0 atom stereocenters. The third kappa shape index (κ3) is 3.46. The Morgan fingerprint density at radius 2 is 1.87 bits per heavy atom. The van der Waals surface area contributed by atoms with Crippen molar-refractivity contribution in [1.29, 1.82) is 5.41 Å². The summed E-state index contributed by atoms with van der Waals surface area (Å²) in [6.07, 6.45) is 2.58. The molecule has 0 saturated heterocycles. The molecule has 2 aliphatic heterocycles. The van der Waals surface area contributed by atoms with E-state index in [-0.39, 0.29) is 21.7 Å². The summed E-state index contributed by atoms with van der Waals surface area (Å²) in [4.78, 5) is 17.6. The number of aryl methyl sites for hydroxylation is 1. The highest BCUT2D eigenvalue weighted by atomic mass is 79.9. The molecule has 0 fully saturated rings. The number of nitrogens with zero attached hydrogens (tertiary/aromatic N) is 4. The Balaban J connectivity index is 1.78. The Morgan fingerprint density at radius 3 is 2.50 bits per heavy atom. The molecule has 0 saturated carbocycles. The zero-order chi connectivity index (χ0) is 21.8. The van der Waals surface area contributed by atoms with Gasteiger partial charge in [0.05, 0.1) is 17.5 Å². The van der Waals surface area contributed by atoms with Crippen LogP contribution in [0.2, 0.25) is 0 Å². The number of aromatic nitrogens is 1. The van der Waals surface area contributed by atoms with Crippen LogP contribution >= 0.6 is 27.9 Å². The van der Waals surface area contributed by atoms with Gasteiger partial charge in [-0.2, -0.15) is 9.39 Å². The van der Waals surface area contributed by atoms with Crippen LogP contribution in [0.3, 0.4) is 0 Å². The molecule has 2 aliphatic rings. The lowest BCUT2D eigenvalue weighted by atomic mass is 10.1. The van der Waals surface area contributed by atoms with Crippen LogP contribution < -0.4 is 0 Å². The van der Waals surface area contributed by atoms with Crippen molar-refractivity contribution < 1.29 is 13.2 Å². The first-order valence-electron chi connectivity index (χ1n) is 8.71. The number of hydrogen-bond donors (Lipinski definition) is 1. The number of hydrogen-bond acceptors (Lipinski definition) is 6. The highest BCUT2D eigenvalue weighted by Crippen LogP contribution is 2.31. The lowest BCUT2D eigenvalue weighted by molar-refractivity contribution is -0.114. The minimum Gasteiger partial charge on any atom is -0.318 e. The van der Waals surface area contributed by atoms with Gasteiger partial charge in [0, 0.05) is 27.8 Å². The van der Waals surface area contributed by atoms with E-state index in [0.29, 0.717) is 0 Å². The fraction of sp³-hybridized carbons (Fsp3) is 0.158. The highest BCUT2D eigenvalue weighted by molar-refractivity contribution is 9.10. The van der Waals surface area contributed by atoms with Crippen molar-refractivity contribution in [3.63, 3.8) is 0 Å². The van der Waals surface area contributed by atoms with Crippen LogP contribution in [0.1, 0.15) is 17.0 Å². The van der Waals surface area contributed by atoms with Crippen molar-refractivity contribution in [2.75, 3.05) is 6.26 Å². The maximum Gasteiger partial charge on any atom is 0.283 e. The molecule has 0 aliphatic carbocycles. The van der Waals surface area contributed by atoms with Gasteiger partial charge >= 0.3 is 0 Å². The zero-order valence-corrected chi connectivity index (χ0v) is 19.4. The van der Waals surface area contributed by atoms with E-state index in [9.17, 15) is 13.2 Å². The molecule has 154 valence electrons. The molecule has 30 heavy (non-hydrogen) atoms. The number of benzene rings is 1. The molecule has 8 nitrogen and oxygen atoms in total. The summed E-state index contributed by atoms with van der Waals surface area (Å²) >= 11 is 4.20. The number of rotatable bonds is 2. The van der Waals surface area contributed by atoms with Crippen molar-refractivity contribution in [3.8, 4) is 5.69 Å². The van der Waals surface area contributed by atoms with Crippen LogP contribution in [0.4, 0.5) is 0 Å². The Kier molecular flexibility index (Phi) is 5.07. The summed E-state index contributed by atoms with van der Waals surface area (Å²) in [6, 6.07) is 9.75. The molecule has 2 aromatic rings. The molecule has 1 aromatic heterocycles. The molecule has 0 unspecified atom stereocenters. The summed E-state index contributed by atoms with van der Waals surface area (Å²) in [5.74, 6) is -0.857. The average Bonchev–Trinajstić information content (AvgIpc) is 3.21. The minimum atomic E-state index is -3.68. The van der Waals surface area contributed by atoms with E-state index >= 15 is 0 Å². The van der Waals surface area contributed by atoms with Crippen molar-refractivity contribution in [3.05, 3.63) is 57.3 Å². The standard InChI is InChI=1S/C19H16BrN5O3S2/c1-10-8-12(11(2)24(10)14-6-4-13(20)5-7-14)9-15-16(21)25-18(22-17(15)26)29-23-19(25)30(3,27)28/h4-9,21H,1-3H3/b15-9-,21-16?. The first-order valence-corrected chi connectivity index (χ1v) is 12.2. The predicted octanol–water partition coefficient (Wildman–Crippen LogP) is 3.48. The zero-order valence-electron chi connectivity index (χ0n) is 16.2. The molecule has 0 bridgehead atoms. The number of carbonyl (C=O) groups excluding carboxylic acids is 1. The van der Waals surface area contributed by atoms with Gasteiger partial charge in [-0.15, -0.1) is 0 Å². The van der Waals surface area contributed by atoms with Gasteiger partial charge in [-0.25, -0.2) is 13.3 Å². The summed E-state index contributed by atoms with van der Waals surface area (Å²) in [6.45, 7) is 3.87. The number of halogens is 1. The molecule has 3 heterocycles. The Hall–Kier alpha value is -2.50. The van der Waals surface area contributed by atoms with Crippen LogP contribution in [0, 0.1) is 19.3 Å². The van der Waals surface area contributed by atoms with Crippen LogP contribution in [0.15, 0.2) is 49.8 Å². The third-order valence-electron chi connectivity index (χ3n) is 4.68. The first kappa shape index (κ1) is 20.8. The van der Waals surface area contributed by atoms with Crippen molar-refractivity contribution in [1.82, 2.24) is 9.47 Å². The number of amidine groups is 3. The number of sulfone groups is 1. The third-order valence-corrected chi connectivity index (χ3v) is 6.96. The van der Waals surface area contributed by atoms with Crippen molar-refractivity contribution in [2.24, 2.45) is 9.39 Å². The van der Waals surface area contributed by atoms with E-state index in [2.05, 4.69) is 25.3 Å².